The molecule has 1 fully saturated rings. The summed E-state index contributed by atoms with van der Waals surface area (Å²) in [5.74, 6) is 0.185. The van der Waals surface area contributed by atoms with Crippen LogP contribution in [-0.2, 0) is 16.1 Å². The lowest BCUT2D eigenvalue weighted by molar-refractivity contribution is -0.274. The van der Waals surface area contributed by atoms with Gasteiger partial charge in [0.1, 0.15) is 12.3 Å². The Bertz CT molecular complexity index is 1190. The van der Waals surface area contributed by atoms with E-state index in [1.807, 2.05) is 39.9 Å². The molecule has 2 amide bonds. The van der Waals surface area contributed by atoms with E-state index < -0.39 is 6.36 Å². The molecular formula is C25H26F3N3O3S. The molecule has 4 rings (SSSR count). The van der Waals surface area contributed by atoms with Crippen molar-refractivity contribution in [3.63, 3.8) is 0 Å². The van der Waals surface area contributed by atoms with Crippen molar-refractivity contribution in [2.45, 2.75) is 37.6 Å². The smallest absolute Gasteiger partial charge is 0.406 e. The summed E-state index contributed by atoms with van der Waals surface area (Å²) in [6, 6.07) is 12.7. The van der Waals surface area contributed by atoms with Crippen molar-refractivity contribution in [1.29, 1.82) is 0 Å². The molecule has 0 radical (unpaired) electrons. The highest BCUT2D eigenvalue weighted by Crippen LogP contribution is 2.31. The number of alkyl halides is 3. The number of piperidine rings is 1. The number of rotatable bonds is 7. The van der Waals surface area contributed by atoms with Crippen LogP contribution in [0.15, 0.2) is 59.6 Å². The topological polar surface area (TPSA) is 63.6 Å². The summed E-state index contributed by atoms with van der Waals surface area (Å²) in [5.41, 5.74) is 1.29. The number of ether oxygens (including phenoxy) is 1. The first-order valence-corrected chi connectivity index (χ1v) is 12.3. The number of halogens is 3. The second-order valence-corrected chi connectivity index (χ2v) is 9.63. The van der Waals surface area contributed by atoms with Crippen LogP contribution in [0.2, 0.25) is 0 Å². The van der Waals surface area contributed by atoms with Gasteiger partial charge in [-0.1, -0.05) is 25.1 Å². The van der Waals surface area contributed by atoms with Gasteiger partial charge in [0.15, 0.2) is 0 Å². The van der Waals surface area contributed by atoms with Crippen LogP contribution in [0.3, 0.4) is 0 Å². The molecule has 0 unspecified atom stereocenters. The summed E-state index contributed by atoms with van der Waals surface area (Å²) in [6.07, 6.45) is -0.827. The van der Waals surface area contributed by atoms with Crippen molar-refractivity contribution in [1.82, 2.24) is 9.47 Å². The number of likely N-dealkylation sites (tertiary alicyclic amines) is 1. The first-order chi connectivity index (χ1) is 16.7. The number of amides is 2. The quantitative estimate of drug-likeness (QED) is 0.429. The monoisotopic (exact) mass is 505 g/mol. The van der Waals surface area contributed by atoms with Crippen LogP contribution in [0.5, 0.6) is 5.75 Å². The van der Waals surface area contributed by atoms with Gasteiger partial charge in [-0.3, -0.25) is 9.59 Å². The molecule has 1 N–H and O–H groups in total. The highest BCUT2D eigenvalue weighted by atomic mass is 32.2. The van der Waals surface area contributed by atoms with Crippen molar-refractivity contribution in [2.24, 2.45) is 5.92 Å². The molecule has 1 aliphatic rings. The average molecular weight is 506 g/mol. The number of para-hydroxylation sites is 1. The van der Waals surface area contributed by atoms with Crippen LogP contribution in [0.1, 0.15) is 19.8 Å². The van der Waals surface area contributed by atoms with Gasteiger partial charge in [0.05, 0.1) is 5.75 Å². The van der Waals surface area contributed by atoms with Gasteiger partial charge in [-0.2, -0.15) is 0 Å². The largest absolute Gasteiger partial charge is 0.573 e. The fourth-order valence-electron chi connectivity index (χ4n) is 4.04. The van der Waals surface area contributed by atoms with E-state index in [1.165, 1.54) is 23.9 Å². The number of anilines is 1. The highest BCUT2D eigenvalue weighted by molar-refractivity contribution is 8.00. The van der Waals surface area contributed by atoms with Crippen molar-refractivity contribution in [3.05, 3.63) is 54.7 Å². The maximum atomic E-state index is 12.9. The second kappa shape index (κ2) is 10.6. The van der Waals surface area contributed by atoms with E-state index in [1.54, 1.807) is 0 Å². The molecule has 0 bridgehead atoms. The first kappa shape index (κ1) is 25.0. The Hall–Kier alpha value is -3.14. The molecule has 0 saturated carbocycles. The van der Waals surface area contributed by atoms with Gasteiger partial charge in [0.25, 0.3) is 0 Å². The first-order valence-electron chi connectivity index (χ1n) is 11.3. The Labute approximate surface area is 205 Å². The number of nitrogens with one attached hydrogen (secondary N) is 1. The van der Waals surface area contributed by atoms with Crippen molar-refractivity contribution in [3.8, 4) is 5.75 Å². The third kappa shape index (κ3) is 6.72. The highest BCUT2D eigenvalue weighted by Gasteiger charge is 2.31. The lowest BCUT2D eigenvalue weighted by atomic mass is 9.99. The molecular weight excluding hydrogens is 479 g/mol. The van der Waals surface area contributed by atoms with Crippen LogP contribution in [0.25, 0.3) is 10.9 Å². The number of benzene rings is 2. The molecule has 0 aliphatic carbocycles. The number of hydrogen-bond acceptors (Lipinski definition) is 4. The predicted octanol–water partition coefficient (Wildman–Crippen LogP) is 5.53. The van der Waals surface area contributed by atoms with Crippen molar-refractivity contribution < 1.29 is 27.5 Å². The van der Waals surface area contributed by atoms with Gasteiger partial charge in [-0.25, -0.2) is 0 Å². The number of fused-ring (bicyclic) bond motifs is 1. The summed E-state index contributed by atoms with van der Waals surface area (Å²) in [4.78, 5) is 28.1. The van der Waals surface area contributed by atoms with Gasteiger partial charge in [0.2, 0.25) is 11.8 Å². The zero-order valence-electron chi connectivity index (χ0n) is 19.2. The minimum Gasteiger partial charge on any atom is -0.406 e. The van der Waals surface area contributed by atoms with Crippen LogP contribution in [0.4, 0.5) is 18.9 Å². The van der Waals surface area contributed by atoms with Gasteiger partial charge >= 0.3 is 6.36 Å². The molecule has 2 aromatic carbocycles. The molecule has 0 spiro atoms. The lowest BCUT2D eigenvalue weighted by Gasteiger charge is -2.30. The number of nitrogens with zero attached hydrogens (tertiary/aromatic N) is 2. The Morgan fingerprint density at radius 3 is 2.46 bits per heavy atom. The predicted molar refractivity (Wildman–Crippen MR) is 129 cm³/mol. The van der Waals surface area contributed by atoms with Crippen LogP contribution < -0.4 is 10.1 Å². The zero-order valence-corrected chi connectivity index (χ0v) is 20.0. The normalized spacial score (nSPS) is 14.8. The third-order valence-electron chi connectivity index (χ3n) is 5.92. The molecule has 1 aliphatic heterocycles. The Morgan fingerprint density at radius 1 is 1.09 bits per heavy atom. The molecule has 35 heavy (non-hydrogen) atoms. The average Bonchev–Trinajstić information content (AvgIpc) is 3.16. The molecule has 10 heteroatoms. The standard InChI is InChI=1S/C25H26F3N3O3S/c1-17-10-12-30(13-11-17)24(33)15-31-14-22(20-4-2-3-5-21(20)31)35-16-23(32)29-18-6-8-19(9-7-18)34-25(26,27)28/h2-9,14,17H,10-13,15-16H2,1H3,(H,29,32). The fraction of sp³-hybridized carbons (Fsp3) is 0.360. The molecule has 1 saturated heterocycles. The number of hydrogen-bond donors (Lipinski definition) is 1. The fourth-order valence-corrected chi connectivity index (χ4v) is 4.93. The number of thioether (sulfide) groups is 1. The molecule has 186 valence electrons. The lowest BCUT2D eigenvalue weighted by Crippen LogP contribution is -2.39. The van der Waals surface area contributed by atoms with Crippen molar-refractivity contribution >= 4 is 40.2 Å². The maximum Gasteiger partial charge on any atom is 0.573 e. The van der Waals surface area contributed by atoms with E-state index in [0.29, 0.717) is 11.6 Å². The van der Waals surface area contributed by atoms with Gasteiger partial charge in [0, 0.05) is 40.8 Å². The van der Waals surface area contributed by atoms with Gasteiger partial charge < -0.3 is 19.5 Å². The third-order valence-corrected chi connectivity index (χ3v) is 6.97. The van der Waals surface area contributed by atoms with Gasteiger partial charge in [-0.15, -0.1) is 24.9 Å². The van der Waals surface area contributed by atoms with E-state index in [0.717, 1.165) is 53.9 Å². The number of carbonyl (C=O) groups is 2. The van der Waals surface area contributed by atoms with Crippen LogP contribution in [0, 0.1) is 5.92 Å². The summed E-state index contributed by atoms with van der Waals surface area (Å²) < 4.78 is 42.6. The summed E-state index contributed by atoms with van der Waals surface area (Å²) in [5, 5.41) is 3.63. The summed E-state index contributed by atoms with van der Waals surface area (Å²) in [7, 11) is 0. The summed E-state index contributed by atoms with van der Waals surface area (Å²) >= 11 is 1.34. The van der Waals surface area contributed by atoms with E-state index >= 15 is 0 Å². The van der Waals surface area contributed by atoms with E-state index in [9.17, 15) is 22.8 Å². The minimum atomic E-state index is -4.77. The summed E-state index contributed by atoms with van der Waals surface area (Å²) in [6.45, 7) is 4.01. The Balaban J connectivity index is 1.38. The molecule has 6 nitrogen and oxygen atoms in total. The minimum absolute atomic E-state index is 0.0879. The van der Waals surface area contributed by atoms with E-state index in [-0.39, 0.29) is 29.9 Å². The second-order valence-electron chi connectivity index (χ2n) is 8.61. The molecule has 0 atom stereocenters. The molecule has 1 aromatic heterocycles. The molecule has 2 heterocycles. The number of carbonyl (C=O) groups excluding carboxylic acids is 2. The van der Waals surface area contributed by atoms with E-state index in [2.05, 4.69) is 17.0 Å². The Morgan fingerprint density at radius 2 is 1.77 bits per heavy atom. The maximum absolute atomic E-state index is 12.9. The zero-order chi connectivity index (χ0) is 25.0. The van der Waals surface area contributed by atoms with Gasteiger partial charge in [-0.05, 0) is 49.1 Å². The SMILES string of the molecule is CC1CCN(C(=O)Cn2cc(SCC(=O)Nc3ccc(OC(F)(F)F)cc3)c3ccccc32)CC1. The van der Waals surface area contributed by atoms with Crippen LogP contribution in [-0.4, -0.2) is 46.5 Å². The number of aromatic nitrogens is 1. The molecule has 3 aromatic rings. The van der Waals surface area contributed by atoms with Crippen molar-refractivity contribution in [2.75, 3.05) is 24.2 Å². The Kier molecular flexibility index (Phi) is 7.59. The van der Waals surface area contributed by atoms with E-state index in [4.69, 9.17) is 0 Å². The van der Waals surface area contributed by atoms with Crippen LogP contribution >= 0.6 is 11.8 Å².